The van der Waals surface area contributed by atoms with E-state index < -0.39 is 10.0 Å². The number of hydrogen-bond acceptors (Lipinski definition) is 5. The summed E-state index contributed by atoms with van der Waals surface area (Å²) in [7, 11) is -3.58. The molecule has 3 rings (SSSR count). The number of thiophene rings is 1. The summed E-state index contributed by atoms with van der Waals surface area (Å²) in [6.07, 6.45) is 0. The van der Waals surface area contributed by atoms with Crippen LogP contribution in [0.15, 0.2) is 45.6 Å². The fraction of sp³-hybridized carbons (Fsp3) is 0.353. The third kappa shape index (κ3) is 5.34. The Balaban J connectivity index is 1.45. The minimum absolute atomic E-state index is 0.147. The van der Waals surface area contributed by atoms with Gasteiger partial charge in [0.05, 0.1) is 10.9 Å². The molecule has 11 heteroatoms. The van der Waals surface area contributed by atoms with E-state index in [1.807, 2.05) is 4.90 Å². The first kappa shape index (κ1) is 20.8. The Morgan fingerprint density at radius 2 is 1.86 bits per heavy atom. The molecule has 1 aliphatic rings. The van der Waals surface area contributed by atoms with Crippen LogP contribution in [0.1, 0.15) is 0 Å². The molecule has 0 atom stereocenters. The lowest BCUT2D eigenvalue weighted by Gasteiger charge is -2.36. The largest absolute Gasteiger partial charge is 0.370 e. The van der Waals surface area contributed by atoms with Crippen LogP contribution in [0.25, 0.3) is 0 Å². The third-order valence-electron chi connectivity index (χ3n) is 4.29. The number of rotatable bonds is 6. The highest BCUT2D eigenvalue weighted by molar-refractivity contribution is 7.91. The van der Waals surface area contributed by atoms with Crippen LogP contribution in [0.2, 0.25) is 4.34 Å². The number of nitrogens with one attached hydrogen (secondary N) is 1. The summed E-state index contributed by atoms with van der Waals surface area (Å²) in [6.45, 7) is 3.25. The number of aliphatic imine (C=N–C) groups is 1. The average Bonchev–Trinajstić information content (AvgIpc) is 3.13. The molecule has 152 valence electrons. The van der Waals surface area contributed by atoms with Gasteiger partial charge < -0.3 is 15.5 Å². The first-order valence-corrected chi connectivity index (χ1v) is 11.3. The van der Waals surface area contributed by atoms with Crippen LogP contribution in [0, 0.1) is 5.82 Å². The molecular weight excluding hydrogens is 425 g/mol. The van der Waals surface area contributed by atoms with Crippen LogP contribution in [0.3, 0.4) is 0 Å². The van der Waals surface area contributed by atoms with Gasteiger partial charge in [0.1, 0.15) is 10.0 Å². The van der Waals surface area contributed by atoms with Crippen molar-refractivity contribution in [3.05, 3.63) is 46.6 Å². The molecule has 0 amide bonds. The number of piperazine rings is 1. The number of anilines is 1. The minimum atomic E-state index is -3.58. The molecule has 7 nitrogen and oxygen atoms in total. The van der Waals surface area contributed by atoms with Crippen molar-refractivity contribution in [1.29, 1.82) is 0 Å². The Labute approximate surface area is 172 Å². The zero-order valence-corrected chi connectivity index (χ0v) is 17.4. The predicted molar refractivity (Wildman–Crippen MR) is 111 cm³/mol. The molecule has 28 heavy (non-hydrogen) atoms. The van der Waals surface area contributed by atoms with Crippen LogP contribution < -0.4 is 15.4 Å². The molecule has 2 heterocycles. The van der Waals surface area contributed by atoms with Gasteiger partial charge in [0.25, 0.3) is 0 Å². The summed E-state index contributed by atoms with van der Waals surface area (Å²) < 4.78 is 40.3. The van der Waals surface area contributed by atoms with E-state index in [0.29, 0.717) is 23.4 Å². The van der Waals surface area contributed by atoms with Gasteiger partial charge in [-0.2, -0.15) is 0 Å². The Hall–Kier alpha value is -1.88. The summed E-state index contributed by atoms with van der Waals surface area (Å²) >= 11 is 6.78. The second-order valence-corrected chi connectivity index (χ2v) is 9.86. The molecule has 0 spiro atoms. The van der Waals surface area contributed by atoms with E-state index in [9.17, 15) is 12.8 Å². The molecule has 1 aromatic heterocycles. The predicted octanol–water partition coefficient (Wildman–Crippen LogP) is 1.96. The van der Waals surface area contributed by atoms with E-state index in [1.165, 1.54) is 18.2 Å². The van der Waals surface area contributed by atoms with Crippen molar-refractivity contribution in [2.45, 2.75) is 4.21 Å². The van der Waals surface area contributed by atoms with Crippen molar-refractivity contribution in [3.8, 4) is 0 Å². The van der Waals surface area contributed by atoms with Gasteiger partial charge in [0.2, 0.25) is 10.0 Å². The minimum Gasteiger partial charge on any atom is -0.370 e. The highest BCUT2D eigenvalue weighted by Gasteiger charge is 2.19. The van der Waals surface area contributed by atoms with Gasteiger partial charge in [0, 0.05) is 38.4 Å². The van der Waals surface area contributed by atoms with E-state index >= 15 is 0 Å². The molecule has 2 aromatic rings. The highest BCUT2D eigenvalue weighted by Crippen LogP contribution is 2.25. The Morgan fingerprint density at radius 1 is 1.18 bits per heavy atom. The van der Waals surface area contributed by atoms with Crippen molar-refractivity contribution >= 4 is 44.6 Å². The topological polar surface area (TPSA) is 91.0 Å². The zero-order chi connectivity index (χ0) is 20.1. The van der Waals surface area contributed by atoms with Crippen molar-refractivity contribution < 1.29 is 12.8 Å². The van der Waals surface area contributed by atoms with Crippen molar-refractivity contribution in [2.75, 3.05) is 44.2 Å². The van der Waals surface area contributed by atoms with E-state index in [2.05, 4.69) is 14.6 Å². The number of nitrogens with zero attached hydrogens (tertiary/aromatic N) is 3. The van der Waals surface area contributed by atoms with Gasteiger partial charge in [-0.1, -0.05) is 11.6 Å². The van der Waals surface area contributed by atoms with Gasteiger partial charge in [-0.15, -0.1) is 11.3 Å². The summed E-state index contributed by atoms with van der Waals surface area (Å²) in [5, 5.41) is 0. The molecule has 0 aliphatic carbocycles. The molecule has 1 aromatic carbocycles. The van der Waals surface area contributed by atoms with Crippen LogP contribution in [-0.4, -0.2) is 58.5 Å². The molecule has 1 aliphatic heterocycles. The average molecular weight is 446 g/mol. The zero-order valence-electron chi connectivity index (χ0n) is 15.0. The van der Waals surface area contributed by atoms with Crippen molar-refractivity contribution in [3.63, 3.8) is 0 Å². The molecule has 1 fully saturated rings. The van der Waals surface area contributed by atoms with E-state index in [4.69, 9.17) is 17.3 Å². The third-order valence-corrected chi connectivity index (χ3v) is 7.47. The number of benzene rings is 1. The highest BCUT2D eigenvalue weighted by atomic mass is 35.5. The maximum Gasteiger partial charge on any atom is 0.250 e. The van der Waals surface area contributed by atoms with Gasteiger partial charge in [-0.3, -0.25) is 4.99 Å². The SMILES string of the molecule is NC(=NCCNS(=O)(=O)c1ccc(Cl)s1)N1CCN(c2ccc(F)cc2)CC1. The second kappa shape index (κ2) is 9.08. The summed E-state index contributed by atoms with van der Waals surface area (Å²) in [5.74, 6) is 0.133. The van der Waals surface area contributed by atoms with Gasteiger partial charge in [0.15, 0.2) is 5.96 Å². The number of guanidine groups is 1. The maximum atomic E-state index is 13.0. The summed E-state index contributed by atoms with van der Waals surface area (Å²) in [5.41, 5.74) is 7.00. The molecule has 3 N–H and O–H groups in total. The monoisotopic (exact) mass is 445 g/mol. The van der Waals surface area contributed by atoms with Crippen molar-refractivity contribution in [2.24, 2.45) is 10.7 Å². The quantitative estimate of drug-likeness (QED) is 0.403. The Kier molecular flexibility index (Phi) is 6.76. The normalized spacial score (nSPS) is 15.9. The first-order valence-electron chi connectivity index (χ1n) is 8.65. The van der Waals surface area contributed by atoms with E-state index in [-0.39, 0.29) is 23.1 Å². The van der Waals surface area contributed by atoms with Gasteiger partial charge >= 0.3 is 0 Å². The maximum absolute atomic E-state index is 13.0. The number of sulfonamides is 1. The Bertz CT molecular complexity index is 925. The molecule has 1 saturated heterocycles. The fourth-order valence-corrected chi connectivity index (χ4v) is 5.36. The second-order valence-electron chi connectivity index (χ2n) is 6.15. The number of halogens is 2. The van der Waals surface area contributed by atoms with Crippen LogP contribution in [-0.2, 0) is 10.0 Å². The molecule has 0 bridgehead atoms. The smallest absolute Gasteiger partial charge is 0.250 e. The Morgan fingerprint density at radius 3 is 2.46 bits per heavy atom. The fourth-order valence-electron chi connectivity index (χ4n) is 2.81. The lowest BCUT2D eigenvalue weighted by Crippen LogP contribution is -2.51. The van der Waals surface area contributed by atoms with Crippen LogP contribution >= 0.6 is 22.9 Å². The van der Waals surface area contributed by atoms with E-state index in [0.717, 1.165) is 30.1 Å². The lowest BCUT2D eigenvalue weighted by molar-refractivity contribution is 0.381. The summed E-state index contributed by atoms with van der Waals surface area (Å²) in [4.78, 5) is 8.37. The van der Waals surface area contributed by atoms with E-state index in [1.54, 1.807) is 18.2 Å². The summed E-state index contributed by atoms with van der Waals surface area (Å²) in [6, 6.07) is 9.42. The molecule has 0 radical (unpaired) electrons. The van der Waals surface area contributed by atoms with Crippen molar-refractivity contribution in [1.82, 2.24) is 9.62 Å². The standard InChI is InChI=1S/C17H21ClFN5O2S2/c18-15-5-6-16(27-15)28(25,26)22-8-7-21-17(20)24-11-9-23(10-12-24)14-3-1-13(19)2-4-14/h1-6,22H,7-12H2,(H2,20,21). The molecular formula is C17H21ClFN5O2S2. The number of hydrogen-bond donors (Lipinski definition) is 2. The molecule has 0 saturated carbocycles. The van der Waals surface area contributed by atoms with Gasteiger partial charge in [-0.25, -0.2) is 17.5 Å². The van der Waals surface area contributed by atoms with Crippen LogP contribution in [0.4, 0.5) is 10.1 Å². The van der Waals surface area contributed by atoms with Crippen LogP contribution in [0.5, 0.6) is 0 Å². The number of nitrogens with two attached hydrogens (primary N) is 1. The first-order chi connectivity index (χ1) is 13.3. The van der Waals surface area contributed by atoms with Gasteiger partial charge in [-0.05, 0) is 36.4 Å². The molecule has 0 unspecified atom stereocenters. The lowest BCUT2D eigenvalue weighted by atomic mass is 10.2.